The minimum atomic E-state index is -4.48. The van der Waals surface area contributed by atoms with Crippen molar-refractivity contribution in [2.45, 2.75) is 25.1 Å². The summed E-state index contributed by atoms with van der Waals surface area (Å²) in [5.74, 6) is -1.48. The second-order valence-corrected chi connectivity index (χ2v) is 8.06. The van der Waals surface area contributed by atoms with Crippen molar-refractivity contribution < 1.29 is 22.0 Å². The lowest BCUT2D eigenvalue weighted by atomic mass is 10.0. The molecule has 11 heteroatoms. The van der Waals surface area contributed by atoms with Crippen molar-refractivity contribution in [3.8, 4) is 11.1 Å². The minimum Gasteiger partial charge on any atom is -0.371 e. The first-order valence-electron chi connectivity index (χ1n) is 10.6. The van der Waals surface area contributed by atoms with Gasteiger partial charge in [0, 0.05) is 42.8 Å². The quantitative estimate of drug-likeness (QED) is 0.414. The third kappa shape index (κ3) is 4.37. The van der Waals surface area contributed by atoms with Crippen molar-refractivity contribution in [2.75, 3.05) is 23.3 Å². The summed E-state index contributed by atoms with van der Waals surface area (Å²) >= 11 is 0. The maximum atomic E-state index is 13.7. The fourth-order valence-corrected chi connectivity index (χ4v) is 4.09. The van der Waals surface area contributed by atoms with E-state index in [4.69, 9.17) is 0 Å². The molecule has 6 nitrogen and oxygen atoms in total. The monoisotopic (exact) mass is 474 g/mol. The van der Waals surface area contributed by atoms with Crippen molar-refractivity contribution in [1.82, 2.24) is 19.6 Å². The Balaban J connectivity index is 1.29. The average molecular weight is 474 g/mol. The molecule has 0 radical (unpaired) electrons. The number of nitrogens with one attached hydrogen (secondary N) is 1. The van der Waals surface area contributed by atoms with E-state index in [0.29, 0.717) is 54.3 Å². The molecular formula is C23H19F5N6. The van der Waals surface area contributed by atoms with Gasteiger partial charge >= 0.3 is 6.18 Å². The number of hydrogen-bond acceptors (Lipinski definition) is 5. The van der Waals surface area contributed by atoms with Gasteiger partial charge in [0.2, 0.25) is 5.95 Å². The van der Waals surface area contributed by atoms with E-state index >= 15 is 0 Å². The number of benzene rings is 1. The third-order valence-electron chi connectivity index (χ3n) is 5.82. The molecule has 1 N–H and O–H groups in total. The van der Waals surface area contributed by atoms with Crippen LogP contribution in [0, 0.1) is 11.6 Å². The molecule has 0 atom stereocenters. The Morgan fingerprint density at radius 3 is 2.50 bits per heavy atom. The van der Waals surface area contributed by atoms with Crippen LogP contribution >= 0.6 is 0 Å². The van der Waals surface area contributed by atoms with Crippen molar-refractivity contribution in [3.05, 3.63) is 72.2 Å². The number of nitrogens with zero attached hydrogens (tertiary/aromatic N) is 5. The maximum Gasteiger partial charge on any atom is 0.433 e. The minimum absolute atomic E-state index is 0.0318. The Labute approximate surface area is 191 Å². The number of fused-ring (bicyclic) bond motifs is 1. The number of rotatable bonds is 4. The number of halogens is 5. The van der Waals surface area contributed by atoms with Gasteiger partial charge in [-0.2, -0.15) is 18.2 Å². The first-order valence-corrected chi connectivity index (χ1v) is 10.6. The van der Waals surface area contributed by atoms with E-state index < -0.39 is 23.5 Å². The Morgan fingerprint density at radius 1 is 0.971 bits per heavy atom. The van der Waals surface area contributed by atoms with Gasteiger partial charge in [0.1, 0.15) is 5.69 Å². The molecule has 0 bridgehead atoms. The Morgan fingerprint density at radius 2 is 1.76 bits per heavy atom. The molecule has 1 aliphatic heterocycles. The van der Waals surface area contributed by atoms with Crippen LogP contribution in [0.1, 0.15) is 18.5 Å². The van der Waals surface area contributed by atoms with Gasteiger partial charge in [0.25, 0.3) is 0 Å². The summed E-state index contributed by atoms with van der Waals surface area (Å²) < 4.78 is 67.5. The van der Waals surface area contributed by atoms with Crippen LogP contribution < -0.4 is 10.2 Å². The highest BCUT2D eigenvalue weighted by Gasteiger charge is 2.33. The summed E-state index contributed by atoms with van der Waals surface area (Å²) in [6.07, 6.45) is -0.247. The molecule has 1 aromatic carbocycles. The topological polar surface area (TPSA) is 58.4 Å². The van der Waals surface area contributed by atoms with E-state index in [0.717, 1.165) is 18.2 Å². The maximum absolute atomic E-state index is 13.7. The molecule has 34 heavy (non-hydrogen) atoms. The molecule has 1 saturated heterocycles. The second-order valence-electron chi connectivity index (χ2n) is 8.06. The van der Waals surface area contributed by atoms with E-state index in [1.165, 1.54) is 12.3 Å². The predicted octanol–water partition coefficient (Wildman–Crippen LogP) is 5.17. The van der Waals surface area contributed by atoms with Crippen molar-refractivity contribution in [1.29, 1.82) is 0 Å². The first-order chi connectivity index (χ1) is 16.3. The third-order valence-corrected chi connectivity index (χ3v) is 5.82. The van der Waals surface area contributed by atoms with Crippen LogP contribution in [-0.4, -0.2) is 38.7 Å². The fourth-order valence-electron chi connectivity index (χ4n) is 4.09. The van der Waals surface area contributed by atoms with Crippen molar-refractivity contribution >= 4 is 17.3 Å². The number of aromatic nitrogens is 4. The number of anilines is 2. The second kappa shape index (κ2) is 8.54. The fraction of sp³-hybridized carbons (Fsp3) is 0.261. The van der Waals surface area contributed by atoms with Crippen molar-refractivity contribution in [3.63, 3.8) is 0 Å². The van der Waals surface area contributed by atoms with Crippen LogP contribution in [0.2, 0.25) is 0 Å². The van der Waals surface area contributed by atoms with Gasteiger partial charge < -0.3 is 10.2 Å². The zero-order valence-corrected chi connectivity index (χ0v) is 17.7. The molecule has 0 saturated carbocycles. The summed E-state index contributed by atoms with van der Waals surface area (Å²) in [6.45, 7) is 1.12. The first kappa shape index (κ1) is 22.1. The Bertz CT molecular complexity index is 1330. The lowest BCUT2D eigenvalue weighted by Crippen LogP contribution is -2.39. The number of pyridine rings is 2. The van der Waals surface area contributed by atoms with Gasteiger partial charge in [-0.3, -0.25) is 4.98 Å². The molecule has 1 fully saturated rings. The van der Waals surface area contributed by atoms with Gasteiger partial charge in [-0.1, -0.05) is 6.07 Å². The van der Waals surface area contributed by atoms with Gasteiger partial charge in [-0.05, 0) is 54.8 Å². The van der Waals surface area contributed by atoms with Crippen LogP contribution in [0.5, 0.6) is 0 Å². The lowest BCUT2D eigenvalue weighted by Gasteiger charge is -2.33. The average Bonchev–Trinajstić information content (AvgIpc) is 3.23. The number of hydrogen-bond donors (Lipinski definition) is 1. The predicted molar refractivity (Wildman–Crippen MR) is 116 cm³/mol. The molecule has 0 aliphatic carbocycles. The molecule has 4 heterocycles. The standard InChI is InChI=1S/C23H19F5N6/c24-18-4-3-14(12-19(18)25)17-2-1-9-34-21(17)31-22(32-34)30-15-6-10-33(11-7-15)16-5-8-29-20(13-16)23(26,27)28/h1-5,8-9,12-13,15H,6-7,10-11H2,(H,30,32). The highest BCUT2D eigenvalue weighted by atomic mass is 19.4. The largest absolute Gasteiger partial charge is 0.433 e. The Kier molecular flexibility index (Phi) is 5.54. The van der Waals surface area contributed by atoms with Gasteiger partial charge in [0.05, 0.1) is 0 Å². The highest BCUT2D eigenvalue weighted by molar-refractivity contribution is 5.77. The van der Waals surface area contributed by atoms with Crippen molar-refractivity contribution in [2.24, 2.45) is 0 Å². The SMILES string of the molecule is Fc1ccc(-c2cccn3nc(NC4CCN(c5ccnc(C(F)(F)F)c5)CC4)nc23)cc1F. The van der Waals surface area contributed by atoms with Crippen LogP contribution in [0.25, 0.3) is 16.8 Å². The van der Waals surface area contributed by atoms with Gasteiger partial charge in [0.15, 0.2) is 17.3 Å². The van der Waals surface area contributed by atoms with Crippen LogP contribution in [0.4, 0.5) is 33.6 Å². The van der Waals surface area contributed by atoms with E-state index in [1.807, 2.05) is 4.90 Å². The molecule has 0 unspecified atom stereocenters. The van der Waals surface area contributed by atoms with E-state index in [1.54, 1.807) is 28.9 Å². The van der Waals surface area contributed by atoms with Crippen LogP contribution in [0.3, 0.4) is 0 Å². The molecule has 4 aromatic rings. The molecule has 5 rings (SSSR count). The van der Waals surface area contributed by atoms with Gasteiger partial charge in [-0.25, -0.2) is 13.3 Å². The summed E-state index contributed by atoms with van der Waals surface area (Å²) in [5.41, 5.74) is 1.16. The van der Waals surface area contributed by atoms with Crippen LogP contribution in [0.15, 0.2) is 54.9 Å². The van der Waals surface area contributed by atoms with Crippen LogP contribution in [-0.2, 0) is 6.18 Å². The number of alkyl halides is 3. The van der Waals surface area contributed by atoms with E-state index in [9.17, 15) is 22.0 Å². The molecule has 0 amide bonds. The molecular weight excluding hydrogens is 455 g/mol. The summed E-state index contributed by atoms with van der Waals surface area (Å²) in [6, 6.07) is 9.83. The zero-order valence-electron chi connectivity index (χ0n) is 17.7. The smallest absolute Gasteiger partial charge is 0.371 e. The summed E-state index contributed by atoms with van der Waals surface area (Å²) in [4.78, 5) is 9.84. The molecule has 176 valence electrons. The summed E-state index contributed by atoms with van der Waals surface area (Å²) in [7, 11) is 0. The van der Waals surface area contributed by atoms with E-state index in [-0.39, 0.29) is 6.04 Å². The molecule has 3 aromatic heterocycles. The summed E-state index contributed by atoms with van der Waals surface area (Å²) in [5, 5.41) is 7.71. The highest BCUT2D eigenvalue weighted by Crippen LogP contribution is 2.31. The molecule has 1 aliphatic rings. The van der Waals surface area contributed by atoms with E-state index in [2.05, 4.69) is 20.4 Å². The Hall–Kier alpha value is -3.76. The zero-order chi connectivity index (χ0) is 23.9. The van der Waals surface area contributed by atoms with Gasteiger partial charge in [-0.15, -0.1) is 5.10 Å². The molecule has 0 spiro atoms. The normalized spacial score (nSPS) is 15.1. The number of piperidine rings is 1. The lowest BCUT2D eigenvalue weighted by molar-refractivity contribution is -0.141.